The van der Waals surface area contributed by atoms with E-state index in [-0.39, 0.29) is 0 Å². The molecule has 1 N–H and O–H groups in total. The number of rotatable bonds is 5. The van der Waals surface area contributed by atoms with E-state index in [0.29, 0.717) is 0 Å². The fourth-order valence-corrected chi connectivity index (χ4v) is 2.57. The molecule has 0 saturated heterocycles. The second-order valence-electron chi connectivity index (χ2n) is 3.52. The molecule has 0 bridgehead atoms. The van der Waals surface area contributed by atoms with Crippen LogP contribution in [0.3, 0.4) is 0 Å². The van der Waals surface area contributed by atoms with Gasteiger partial charge >= 0.3 is 0 Å². The number of thiophene rings is 1. The van der Waals surface area contributed by atoms with Gasteiger partial charge in [0.2, 0.25) is 0 Å². The molecule has 2 aromatic rings. The average molecular weight is 297 g/mol. The van der Waals surface area contributed by atoms with Crippen LogP contribution >= 0.6 is 27.3 Å². The van der Waals surface area contributed by atoms with Gasteiger partial charge in [-0.15, -0.1) is 11.3 Å². The van der Waals surface area contributed by atoms with Crippen molar-refractivity contribution in [1.82, 2.24) is 10.3 Å². The van der Waals surface area contributed by atoms with Crippen LogP contribution in [-0.2, 0) is 13.0 Å². The minimum Gasteiger partial charge on any atom is -0.312 e. The summed E-state index contributed by atoms with van der Waals surface area (Å²) in [6.07, 6.45) is 4.79. The van der Waals surface area contributed by atoms with E-state index in [4.69, 9.17) is 0 Å². The van der Waals surface area contributed by atoms with E-state index in [9.17, 15) is 0 Å². The van der Waals surface area contributed by atoms with E-state index in [2.05, 4.69) is 49.8 Å². The number of aromatic nitrogens is 1. The molecule has 0 aromatic carbocycles. The van der Waals surface area contributed by atoms with E-state index in [1.165, 1.54) is 10.4 Å². The molecule has 4 heteroatoms. The summed E-state index contributed by atoms with van der Waals surface area (Å²) in [6, 6.07) is 6.36. The maximum Gasteiger partial charge on any atom is 0.0410 e. The quantitative estimate of drug-likeness (QED) is 0.857. The molecule has 0 fully saturated rings. The summed E-state index contributed by atoms with van der Waals surface area (Å²) in [4.78, 5) is 5.56. The Hall–Kier alpha value is -0.710. The topological polar surface area (TPSA) is 24.9 Å². The molecule has 84 valence electrons. The second kappa shape index (κ2) is 6.13. The molecule has 0 unspecified atom stereocenters. The van der Waals surface area contributed by atoms with Crippen LogP contribution in [-0.4, -0.2) is 11.5 Å². The van der Waals surface area contributed by atoms with Crippen LogP contribution in [0.5, 0.6) is 0 Å². The van der Waals surface area contributed by atoms with Gasteiger partial charge in [-0.3, -0.25) is 4.98 Å². The summed E-state index contributed by atoms with van der Waals surface area (Å²) >= 11 is 5.23. The van der Waals surface area contributed by atoms with Crippen molar-refractivity contribution in [2.24, 2.45) is 0 Å². The first-order valence-electron chi connectivity index (χ1n) is 5.17. The maximum absolute atomic E-state index is 4.13. The Labute approximate surface area is 108 Å². The number of nitrogens with one attached hydrogen (secondary N) is 1. The lowest BCUT2D eigenvalue weighted by molar-refractivity contribution is 0.688. The highest BCUT2D eigenvalue weighted by molar-refractivity contribution is 9.10. The Balaban J connectivity index is 1.72. The van der Waals surface area contributed by atoms with Crippen molar-refractivity contribution >= 4 is 27.3 Å². The minimum absolute atomic E-state index is 0.873. The van der Waals surface area contributed by atoms with Gasteiger partial charge in [-0.2, -0.15) is 0 Å². The predicted molar refractivity (Wildman–Crippen MR) is 71.7 cm³/mol. The lowest BCUT2D eigenvalue weighted by Gasteiger charge is -2.03. The summed E-state index contributed by atoms with van der Waals surface area (Å²) in [5.74, 6) is 0. The van der Waals surface area contributed by atoms with Crippen LogP contribution in [0.2, 0.25) is 0 Å². The first-order valence-corrected chi connectivity index (χ1v) is 6.84. The first kappa shape index (κ1) is 11.8. The van der Waals surface area contributed by atoms with Crippen molar-refractivity contribution in [3.63, 3.8) is 0 Å². The molecular weight excluding hydrogens is 284 g/mol. The Morgan fingerprint density at radius 3 is 3.06 bits per heavy atom. The van der Waals surface area contributed by atoms with Gasteiger partial charge in [-0.25, -0.2) is 0 Å². The Morgan fingerprint density at radius 2 is 2.31 bits per heavy atom. The molecule has 16 heavy (non-hydrogen) atoms. The van der Waals surface area contributed by atoms with E-state index in [1.54, 1.807) is 6.20 Å². The average Bonchev–Trinajstić information content (AvgIpc) is 2.77. The highest BCUT2D eigenvalue weighted by atomic mass is 79.9. The third-order valence-electron chi connectivity index (χ3n) is 2.22. The highest BCUT2D eigenvalue weighted by Crippen LogP contribution is 2.10. The van der Waals surface area contributed by atoms with Gasteiger partial charge in [0.1, 0.15) is 0 Å². The number of pyridine rings is 1. The number of halogens is 1. The van der Waals surface area contributed by atoms with Crippen molar-refractivity contribution < 1.29 is 0 Å². The van der Waals surface area contributed by atoms with Gasteiger partial charge in [0, 0.05) is 34.8 Å². The fourth-order valence-electron chi connectivity index (χ4n) is 1.45. The monoisotopic (exact) mass is 296 g/mol. The zero-order chi connectivity index (χ0) is 11.2. The number of hydrogen-bond acceptors (Lipinski definition) is 3. The molecule has 2 aromatic heterocycles. The van der Waals surface area contributed by atoms with Crippen LogP contribution in [0.1, 0.15) is 10.4 Å². The molecule has 0 saturated carbocycles. The normalized spacial score (nSPS) is 10.6. The summed E-state index contributed by atoms with van der Waals surface area (Å²) in [7, 11) is 0. The third kappa shape index (κ3) is 3.70. The van der Waals surface area contributed by atoms with E-state index >= 15 is 0 Å². The predicted octanol–water partition coefficient (Wildman–Crippen LogP) is 3.24. The van der Waals surface area contributed by atoms with Crippen molar-refractivity contribution in [3.05, 3.63) is 50.9 Å². The molecule has 2 rings (SSSR count). The van der Waals surface area contributed by atoms with Crippen LogP contribution in [0.4, 0.5) is 0 Å². The van der Waals surface area contributed by atoms with Crippen molar-refractivity contribution in [1.29, 1.82) is 0 Å². The van der Waals surface area contributed by atoms with Crippen molar-refractivity contribution in [2.75, 3.05) is 6.54 Å². The third-order valence-corrected chi connectivity index (χ3v) is 3.59. The second-order valence-corrected chi connectivity index (χ2v) is 5.47. The number of hydrogen-bond donors (Lipinski definition) is 1. The number of nitrogens with zero attached hydrogens (tertiary/aromatic N) is 1. The minimum atomic E-state index is 0.873. The Morgan fingerprint density at radius 1 is 1.38 bits per heavy atom. The van der Waals surface area contributed by atoms with Crippen molar-refractivity contribution in [3.8, 4) is 0 Å². The van der Waals surface area contributed by atoms with Gasteiger partial charge in [0.05, 0.1) is 0 Å². The molecule has 0 aliphatic heterocycles. The molecule has 0 amide bonds. The molecule has 2 heterocycles. The van der Waals surface area contributed by atoms with Gasteiger partial charge < -0.3 is 5.32 Å². The van der Waals surface area contributed by atoms with E-state index in [0.717, 1.165) is 24.0 Å². The standard InChI is InChI=1S/C12H13BrN2S/c13-11-6-10(8-15-9-11)7-14-4-3-12-2-1-5-16-12/h1-2,5-6,8-9,14H,3-4,7H2. The van der Waals surface area contributed by atoms with Gasteiger partial charge in [0.25, 0.3) is 0 Å². The van der Waals surface area contributed by atoms with Gasteiger partial charge in [-0.1, -0.05) is 6.07 Å². The zero-order valence-corrected chi connectivity index (χ0v) is 11.2. The molecule has 2 nitrogen and oxygen atoms in total. The van der Waals surface area contributed by atoms with Crippen molar-refractivity contribution in [2.45, 2.75) is 13.0 Å². The van der Waals surface area contributed by atoms with Crippen LogP contribution in [0, 0.1) is 0 Å². The van der Waals surface area contributed by atoms with E-state index in [1.807, 2.05) is 17.5 Å². The first-order chi connectivity index (χ1) is 7.84. The lowest BCUT2D eigenvalue weighted by Crippen LogP contribution is -2.16. The molecular formula is C12H13BrN2S. The van der Waals surface area contributed by atoms with Crippen LogP contribution in [0.25, 0.3) is 0 Å². The lowest BCUT2D eigenvalue weighted by atomic mass is 10.3. The largest absolute Gasteiger partial charge is 0.312 e. The smallest absolute Gasteiger partial charge is 0.0410 e. The van der Waals surface area contributed by atoms with Crippen LogP contribution < -0.4 is 5.32 Å². The summed E-state index contributed by atoms with van der Waals surface area (Å²) in [5.41, 5.74) is 1.21. The summed E-state index contributed by atoms with van der Waals surface area (Å²) < 4.78 is 1.03. The zero-order valence-electron chi connectivity index (χ0n) is 8.82. The van der Waals surface area contributed by atoms with Crippen LogP contribution in [0.15, 0.2) is 40.4 Å². The van der Waals surface area contributed by atoms with E-state index < -0.39 is 0 Å². The molecule has 0 atom stereocenters. The molecule has 0 spiro atoms. The molecule has 0 aliphatic carbocycles. The maximum atomic E-state index is 4.13. The summed E-state index contributed by atoms with van der Waals surface area (Å²) in [5, 5.41) is 5.53. The molecule has 0 aliphatic rings. The fraction of sp³-hybridized carbons (Fsp3) is 0.250. The Kier molecular flexibility index (Phi) is 4.51. The van der Waals surface area contributed by atoms with Gasteiger partial charge in [0.15, 0.2) is 0 Å². The SMILES string of the molecule is Brc1cncc(CNCCc2cccs2)c1. The Bertz CT molecular complexity index is 428. The molecule has 0 radical (unpaired) electrons. The van der Waals surface area contributed by atoms with Gasteiger partial charge in [-0.05, 0) is 45.4 Å². The summed E-state index contributed by atoms with van der Waals surface area (Å²) in [6.45, 7) is 1.88. The highest BCUT2D eigenvalue weighted by Gasteiger charge is 1.96.